The molecule has 1 aromatic heterocycles. The van der Waals surface area contributed by atoms with Gasteiger partial charge in [-0.05, 0) is 58.5 Å². The molecule has 1 heterocycles. The lowest BCUT2D eigenvalue weighted by Gasteiger charge is -2.06. The monoisotopic (exact) mass is 424 g/mol. The van der Waals surface area contributed by atoms with Gasteiger partial charge in [0.1, 0.15) is 5.69 Å². The van der Waals surface area contributed by atoms with Crippen LogP contribution in [0.25, 0.3) is 22.0 Å². The second-order valence-electron chi connectivity index (χ2n) is 7.59. The average molecular weight is 424 g/mol. The molecule has 7 nitrogen and oxygen atoms in total. The van der Waals surface area contributed by atoms with Gasteiger partial charge in [0, 0.05) is 5.56 Å². The van der Waals surface area contributed by atoms with Crippen molar-refractivity contribution in [1.82, 2.24) is 15.6 Å². The Bertz CT molecular complexity index is 1360. The lowest BCUT2D eigenvalue weighted by Crippen LogP contribution is -2.18. The Hall–Kier alpha value is -4.26. The molecule has 1 aliphatic rings. The largest absolute Gasteiger partial charge is 0.465 e. The van der Waals surface area contributed by atoms with Crippen molar-refractivity contribution < 1.29 is 14.3 Å². The van der Waals surface area contributed by atoms with E-state index in [4.69, 9.17) is 0 Å². The summed E-state index contributed by atoms with van der Waals surface area (Å²) in [6.45, 7) is 0. The van der Waals surface area contributed by atoms with Gasteiger partial charge in [-0.25, -0.2) is 10.2 Å². The fourth-order valence-corrected chi connectivity index (χ4v) is 4.09. The van der Waals surface area contributed by atoms with E-state index in [9.17, 15) is 9.59 Å². The second-order valence-corrected chi connectivity index (χ2v) is 7.59. The van der Waals surface area contributed by atoms with E-state index in [0.717, 1.165) is 29.4 Å². The number of ether oxygens (including phenoxy) is 1. The zero-order chi connectivity index (χ0) is 22.1. The van der Waals surface area contributed by atoms with Crippen LogP contribution in [-0.2, 0) is 17.6 Å². The van der Waals surface area contributed by atoms with Crippen molar-refractivity contribution in [1.29, 1.82) is 0 Å². The lowest BCUT2D eigenvalue weighted by atomic mass is 9.98. The first-order valence-electron chi connectivity index (χ1n) is 10.2. The molecule has 1 aliphatic carbocycles. The number of esters is 1. The number of benzene rings is 3. The van der Waals surface area contributed by atoms with E-state index in [1.54, 1.807) is 30.3 Å². The number of aryl methyl sites for hydroxylation is 2. The van der Waals surface area contributed by atoms with Gasteiger partial charge < -0.3 is 4.74 Å². The SMILES string of the molecule is COC(=O)c1ccc(/C=N/NC(=O)c2cc(-c3ccc4c5c(cccc35)CC4)n[nH]2)cc1. The Balaban J connectivity index is 1.31. The maximum atomic E-state index is 12.5. The summed E-state index contributed by atoms with van der Waals surface area (Å²) < 4.78 is 4.67. The number of nitrogens with zero attached hydrogens (tertiary/aromatic N) is 2. The first-order valence-corrected chi connectivity index (χ1v) is 10.2. The predicted octanol–water partition coefficient (Wildman–Crippen LogP) is 3.88. The molecule has 158 valence electrons. The Morgan fingerprint density at radius 1 is 1.06 bits per heavy atom. The molecular formula is C25H20N4O3. The van der Waals surface area contributed by atoms with Gasteiger partial charge in [0.05, 0.1) is 24.6 Å². The van der Waals surface area contributed by atoms with Crippen molar-refractivity contribution in [2.45, 2.75) is 12.8 Å². The molecule has 5 rings (SSSR count). The molecule has 1 amide bonds. The third-order valence-corrected chi connectivity index (χ3v) is 5.69. The number of carbonyl (C=O) groups is 2. The zero-order valence-electron chi connectivity index (χ0n) is 17.4. The fourth-order valence-electron chi connectivity index (χ4n) is 4.09. The van der Waals surface area contributed by atoms with E-state index in [1.807, 2.05) is 0 Å². The van der Waals surface area contributed by atoms with E-state index in [0.29, 0.717) is 17.0 Å². The van der Waals surface area contributed by atoms with Crippen LogP contribution in [0.4, 0.5) is 0 Å². The number of hydrazone groups is 1. The van der Waals surface area contributed by atoms with Gasteiger partial charge in [-0.1, -0.05) is 42.5 Å². The number of nitrogens with one attached hydrogen (secondary N) is 2. The molecule has 3 aromatic carbocycles. The van der Waals surface area contributed by atoms with Gasteiger partial charge in [0.15, 0.2) is 0 Å². The third kappa shape index (κ3) is 3.54. The van der Waals surface area contributed by atoms with E-state index in [1.165, 1.54) is 29.8 Å². The van der Waals surface area contributed by atoms with Gasteiger partial charge in [0.25, 0.3) is 5.91 Å². The van der Waals surface area contributed by atoms with Crippen molar-refractivity contribution >= 4 is 28.9 Å². The Labute approximate surface area is 184 Å². The van der Waals surface area contributed by atoms with E-state index >= 15 is 0 Å². The van der Waals surface area contributed by atoms with Gasteiger partial charge in [0.2, 0.25) is 0 Å². The van der Waals surface area contributed by atoms with E-state index < -0.39 is 11.9 Å². The van der Waals surface area contributed by atoms with Gasteiger partial charge >= 0.3 is 5.97 Å². The van der Waals surface area contributed by atoms with Crippen LogP contribution < -0.4 is 5.43 Å². The highest BCUT2D eigenvalue weighted by Crippen LogP contribution is 2.36. The van der Waals surface area contributed by atoms with Crippen LogP contribution in [0.15, 0.2) is 65.8 Å². The molecule has 7 heteroatoms. The standard InChI is InChI=1S/C25H20N4O3/c1-32-25(31)18-7-5-15(6-8-18)14-26-29-24(30)22-13-21(27-28-22)19-12-11-17-10-9-16-3-2-4-20(19)23(16)17/h2-8,11-14H,9-10H2,1H3,(H,27,28)(H,29,30)/b26-14+. The first-order chi connectivity index (χ1) is 15.6. The van der Waals surface area contributed by atoms with Crippen LogP contribution in [0.1, 0.15) is 37.5 Å². The van der Waals surface area contributed by atoms with Crippen molar-refractivity contribution in [2.75, 3.05) is 7.11 Å². The molecule has 0 fully saturated rings. The maximum absolute atomic E-state index is 12.5. The quantitative estimate of drug-likeness (QED) is 0.289. The number of hydrogen-bond donors (Lipinski definition) is 2. The topological polar surface area (TPSA) is 96.4 Å². The minimum absolute atomic E-state index is 0.321. The summed E-state index contributed by atoms with van der Waals surface area (Å²) in [5, 5.41) is 13.6. The van der Waals surface area contributed by atoms with E-state index in [-0.39, 0.29) is 0 Å². The summed E-state index contributed by atoms with van der Waals surface area (Å²) in [6, 6.07) is 19.0. The Morgan fingerprint density at radius 2 is 1.84 bits per heavy atom. The molecule has 32 heavy (non-hydrogen) atoms. The Morgan fingerprint density at radius 3 is 2.62 bits per heavy atom. The van der Waals surface area contributed by atoms with Crippen molar-refractivity contribution in [3.63, 3.8) is 0 Å². The van der Waals surface area contributed by atoms with Crippen LogP contribution in [0.5, 0.6) is 0 Å². The van der Waals surface area contributed by atoms with Gasteiger partial charge in [-0.15, -0.1) is 0 Å². The van der Waals surface area contributed by atoms with Crippen molar-refractivity contribution in [3.8, 4) is 11.3 Å². The lowest BCUT2D eigenvalue weighted by molar-refractivity contribution is 0.0600. The molecule has 0 saturated carbocycles. The summed E-state index contributed by atoms with van der Waals surface area (Å²) in [4.78, 5) is 24.0. The Kier molecular flexibility index (Phi) is 4.99. The third-order valence-electron chi connectivity index (χ3n) is 5.69. The smallest absolute Gasteiger partial charge is 0.337 e. The summed E-state index contributed by atoms with van der Waals surface area (Å²) in [7, 11) is 1.33. The summed E-state index contributed by atoms with van der Waals surface area (Å²) in [5.41, 5.74) is 8.43. The highest BCUT2D eigenvalue weighted by atomic mass is 16.5. The summed E-state index contributed by atoms with van der Waals surface area (Å²) in [5.74, 6) is -0.797. The predicted molar refractivity (Wildman–Crippen MR) is 122 cm³/mol. The number of hydrogen-bond acceptors (Lipinski definition) is 5. The van der Waals surface area contributed by atoms with Gasteiger partial charge in [-0.2, -0.15) is 10.2 Å². The molecule has 0 unspecified atom stereocenters. The molecule has 0 saturated heterocycles. The molecule has 0 bridgehead atoms. The highest BCUT2D eigenvalue weighted by Gasteiger charge is 2.18. The number of aromatic nitrogens is 2. The van der Waals surface area contributed by atoms with Gasteiger partial charge in [-0.3, -0.25) is 9.89 Å². The maximum Gasteiger partial charge on any atom is 0.337 e. The van der Waals surface area contributed by atoms with E-state index in [2.05, 4.69) is 55.8 Å². The van der Waals surface area contributed by atoms with Crippen LogP contribution in [0, 0.1) is 0 Å². The summed E-state index contributed by atoms with van der Waals surface area (Å²) in [6.07, 6.45) is 3.63. The molecule has 2 N–H and O–H groups in total. The molecule has 4 aromatic rings. The average Bonchev–Trinajstić information content (AvgIpc) is 3.48. The van der Waals surface area contributed by atoms with Crippen LogP contribution >= 0.6 is 0 Å². The van der Waals surface area contributed by atoms with Crippen molar-refractivity contribution in [2.24, 2.45) is 5.10 Å². The normalized spacial score (nSPS) is 12.4. The summed E-state index contributed by atoms with van der Waals surface area (Å²) >= 11 is 0. The van der Waals surface area contributed by atoms with Crippen LogP contribution in [0.3, 0.4) is 0 Å². The molecule has 0 spiro atoms. The van der Waals surface area contributed by atoms with Crippen LogP contribution in [0.2, 0.25) is 0 Å². The second kappa shape index (κ2) is 8.11. The van der Waals surface area contributed by atoms with Crippen LogP contribution in [-0.4, -0.2) is 35.4 Å². The number of H-pyrrole nitrogens is 1. The number of methoxy groups -OCH3 is 1. The minimum Gasteiger partial charge on any atom is -0.465 e. The highest BCUT2D eigenvalue weighted by molar-refractivity contribution is 6.02. The fraction of sp³-hybridized carbons (Fsp3) is 0.120. The zero-order valence-corrected chi connectivity index (χ0v) is 17.4. The minimum atomic E-state index is -0.405. The molecule has 0 atom stereocenters. The molecular weight excluding hydrogens is 404 g/mol. The molecule has 0 radical (unpaired) electrons. The number of aromatic amines is 1. The van der Waals surface area contributed by atoms with Crippen molar-refractivity contribution in [3.05, 3.63) is 88.6 Å². The molecule has 0 aliphatic heterocycles. The number of rotatable bonds is 5. The number of carbonyl (C=O) groups excluding carboxylic acids is 2. The number of amides is 1. The first kappa shape index (κ1) is 19.7.